The number of hydrogen-bond donors (Lipinski definition) is 1. The van der Waals surface area contributed by atoms with Gasteiger partial charge in [-0.1, -0.05) is 24.3 Å². The van der Waals surface area contributed by atoms with Crippen molar-refractivity contribution in [2.75, 3.05) is 6.54 Å². The van der Waals surface area contributed by atoms with Gasteiger partial charge in [-0.25, -0.2) is 12.8 Å². The highest BCUT2D eigenvalue weighted by molar-refractivity contribution is 7.91. The molecule has 134 valence electrons. The molecular formula is C19H16FNO4S. The van der Waals surface area contributed by atoms with E-state index in [-0.39, 0.29) is 22.8 Å². The summed E-state index contributed by atoms with van der Waals surface area (Å²) in [4.78, 5) is 12.4. The Morgan fingerprint density at radius 3 is 2.46 bits per heavy atom. The van der Waals surface area contributed by atoms with E-state index >= 15 is 0 Å². The van der Waals surface area contributed by atoms with E-state index in [1.54, 1.807) is 30.3 Å². The smallest absolute Gasteiger partial charge is 0.251 e. The van der Waals surface area contributed by atoms with Crippen LogP contribution in [-0.2, 0) is 9.84 Å². The summed E-state index contributed by atoms with van der Waals surface area (Å²) in [5.74, 6) is -0.894. The van der Waals surface area contributed by atoms with Crippen molar-refractivity contribution in [3.8, 4) is 0 Å². The number of benzene rings is 2. The topological polar surface area (TPSA) is 76.4 Å². The van der Waals surface area contributed by atoms with Crippen molar-refractivity contribution in [3.05, 3.63) is 90.1 Å². The first-order valence-corrected chi connectivity index (χ1v) is 9.39. The van der Waals surface area contributed by atoms with Crippen molar-refractivity contribution in [1.82, 2.24) is 5.32 Å². The summed E-state index contributed by atoms with van der Waals surface area (Å²) in [5.41, 5.74) is 0.111. The molecule has 0 fully saturated rings. The van der Waals surface area contributed by atoms with Gasteiger partial charge in [0, 0.05) is 12.1 Å². The number of carbonyl (C=O) groups excluding carboxylic acids is 1. The largest absolute Gasteiger partial charge is 0.468 e. The summed E-state index contributed by atoms with van der Waals surface area (Å²) in [6.07, 6.45) is 1.37. The van der Waals surface area contributed by atoms with Crippen molar-refractivity contribution in [1.29, 1.82) is 0 Å². The van der Waals surface area contributed by atoms with E-state index in [1.807, 2.05) is 0 Å². The molecule has 2 aromatic carbocycles. The molecule has 0 spiro atoms. The monoisotopic (exact) mass is 373 g/mol. The lowest BCUT2D eigenvalue weighted by atomic mass is 10.2. The number of halogens is 1. The van der Waals surface area contributed by atoms with Crippen molar-refractivity contribution >= 4 is 15.7 Å². The average Bonchev–Trinajstić information content (AvgIpc) is 3.16. The first kappa shape index (κ1) is 17.9. The normalized spacial score (nSPS) is 12.5. The van der Waals surface area contributed by atoms with Gasteiger partial charge in [-0.15, -0.1) is 0 Å². The highest BCUT2D eigenvalue weighted by atomic mass is 32.2. The van der Waals surface area contributed by atoms with Crippen LogP contribution < -0.4 is 5.32 Å². The molecular weight excluding hydrogens is 357 g/mol. The third-order valence-electron chi connectivity index (χ3n) is 3.84. The highest BCUT2D eigenvalue weighted by Gasteiger charge is 2.31. The second-order valence-electron chi connectivity index (χ2n) is 5.58. The Morgan fingerprint density at radius 2 is 1.81 bits per heavy atom. The number of carbonyl (C=O) groups is 1. The summed E-state index contributed by atoms with van der Waals surface area (Å²) in [7, 11) is -3.79. The fraction of sp³-hybridized carbons (Fsp3) is 0.105. The van der Waals surface area contributed by atoms with Crippen LogP contribution in [0.1, 0.15) is 21.4 Å². The molecule has 3 rings (SSSR count). The molecule has 1 amide bonds. The molecule has 7 heteroatoms. The van der Waals surface area contributed by atoms with Crippen LogP contribution in [0.15, 0.2) is 82.3 Å². The minimum absolute atomic E-state index is 0.111. The Labute approximate surface area is 150 Å². The summed E-state index contributed by atoms with van der Waals surface area (Å²) in [6, 6.07) is 16.2. The Morgan fingerprint density at radius 1 is 1.04 bits per heavy atom. The van der Waals surface area contributed by atoms with Gasteiger partial charge in [-0.3, -0.25) is 4.79 Å². The zero-order valence-electron chi connectivity index (χ0n) is 13.6. The molecule has 0 radical (unpaired) electrons. The lowest BCUT2D eigenvalue weighted by molar-refractivity contribution is 0.0952. The third kappa shape index (κ3) is 3.83. The minimum Gasteiger partial charge on any atom is -0.468 e. The van der Waals surface area contributed by atoms with Crippen LogP contribution >= 0.6 is 0 Å². The minimum atomic E-state index is -3.79. The fourth-order valence-electron chi connectivity index (χ4n) is 2.53. The summed E-state index contributed by atoms with van der Waals surface area (Å²) in [6.45, 7) is -0.208. The summed E-state index contributed by atoms with van der Waals surface area (Å²) >= 11 is 0. The molecule has 0 aliphatic rings. The molecule has 5 nitrogen and oxygen atoms in total. The van der Waals surface area contributed by atoms with E-state index in [9.17, 15) is 17.6 Å². The zero-order valence-corrected chi connectivity index (χ0v) is 14.4. The van der Waals surface area contributed by atoms with Crippen LogP contribution in [0.25, 0.3) is 0 Å². The highest BCUT2D eigenvalue weighted by Crippen LogP contribution is 2.28. The molecule has 1 N–H and O–H groups in total. The van der Waals surface area contributed by atoms with Gasteiger partial charge < -0.3 is 9.73 Å². The summed E-state index contributed by atoms with van der Waals surface area (Å²) in [5, 5.41) is 1.45. The molecule has 0 aliphatic heterocycles. The zero-order chi connectivity index (χ0) is 18.6. The third-order valence-corrected chi connectivity index (χ3v) is 5.92. The van der Waals surface area contributed by atoms with E-state index in [2.05, 4.69) is 5.32 Å². The number of rotatable bonds is 6. The van der Waals surface area contributed by atoms with Crippen LogP contribution in [0.3, 0.4) is 0 Å². The van der Waals surface area contributed by atoms with Crippen LogP contribution in [0, 0.1) is 5.82 Å². The van der Waals surface area contributed by atoms with Crippen LogP contribution in [-0.4, -0.2) is 20.9 Å². The molecule has 0 saturated carbocycles. The van der Waals surface area contributed by atoms with Crippen molar-refractivity contribution in [2.45, 2.75) is 10.1 Å². The number of sulfone groups is 1. The lowest BCUT2D eigenvalue weighted by Crippen LogP contribution is -2.31. The van der Waals surface area contributed by atoms with E-state index in [0.717, 1.165) is 6.07 Å². The molecule has 1 aromatic heterocycles. The summed E-state index contributed by atoms with van der Waals surface area (Å²) < 4.78 is 44.5. The average molecular weight is 373 g/mol. The van der Waals surface area contributed by atoms with Crippen LogP contribution in [0.5, 0.6) is 0 Å². The molecule has 0 aliphatic carbocycles. The standard InChI is InChI=1S/C19H16FNO4S/c20-15-7-4-6-14(12-15)19(22)21-13-18(17-10-5-11-25-17)26(23,24)16-8-2-1-3-9-16/h1-12,18H,13H2,(H,21,22)/t18-/m0/s1. The van der Waals surface area contributed by atoms with Gasteiger partial charge in [-0.05, 0) is 42.5 Å². The molecule has 26 heavy (non-hydrogen) atoms. The van der Waals surface area contributed by atoms with Crippen molar-refractivity contribution in [2.24, 2.45) is 0 Å². The Balaban J connectivity index is 1.85. The SMILES string of the molecule is O=C(NC[C@@H](c1ccco1)S(=O)(=O)c1ccccc1)c1cccc(F)c1. The van der Waals surface area contributed by atoms with Crippen molar-refractivity contribution < 1.29 is 22.0 Å². The molecule has 1 atom stereocenters. The number of amides is 1. The van der Waals surface area contributed by atoms with Gasteiger partial charge in [0.2, 0.25) is 0 Å². The second kappa shape index (κ2) is 7.53. The molecule has 1 heterocycles. The van der Waals surface area contributed by atoms with Gasteiger partial charge in [0.1, 0.15) is 16.8 Å². The maximum Gasteiger partial charge on any atom is 0.251 e. The van der Waals surface area contributed by atoms with Gasteiger partial charge in [0.15, 0.2) is 9.84 Å². The van der Waals surface area contributed by atoms with Crippen molar-refractivity contribution in [3.63, 3.8) is 0 Å². The van der Waals surface area contributed by atoms with Crippen LogP contribution in [0.2, 0.25) is 0 Å². The molecule has 0 bridgehead atoms. The Kier molecular flexibility index (Phi) is 5.18. The molecule has 0 unspecified atom stereocenters. The van der Waals surface area contributed by atoms with Crippen LogP contribution in [0.4, 0.5) is 4.39 Å². The van der Waals surface area contributed by atoms with Gasteiger partial charge in [0.25, 0.3) is 5.91 Å². The van der Waals surface area contributed by atoms with Gasteiger partial charge >= 0.3 is 0 Å². The van der Waals surface area contributed by atoms with E-state index in [4.69, 9.17) is 4.42 Å². The maximum atomic E-state index is 13.3. The van der Waals surface area contributed by atoms with E-state index in [0.29, 0.717) is 0 Å². The molecule has 3 aromatic rings. The quantitative estimate of drug-likeness (QED) is 0.719. The molecule has 0 saturated heterocycles. The first-order valence-electron chi connectivity index (χ1n) is 7.84. The Hall–Kier alpha value is -2.93. The van der Waals surface area contributed by atoms with Gasteiger partial charge in [-0.2, -0.15) is 0 Å². The van der Waals surface area contributed by atoms with E-state index < -0.39 is 26.8 Å². The lowest BCUT2D eigenvalue weighted by Gasteiger charge is -2.16. The van der Waals surface area contributed by atoms with E-state index in [1.165, 1.54) is 36.6 Å². The fourth-order valence-corrected chi connectivity index (χ4v) is 4.14. The van der Waals surface area contributed by atoms with Gasteiger partial charge in [0.05, 0.1) is 11.2 Å². The number of furan rings is 1. The Bertz CT molecular complexity index is 985. The predicted molar refractivity (Wildman–Crippen MR) is 93.8 cm³/mol. The predicted octanol–water partition coefficient (Wildman–Crippen LogP) is 3.36. The maximum absolute atomic E-state index is 13.3. The first-order chi connectivity index (χ1) is 12.5. The number of hydrogen-bond acceptors (Lipinski definition) is 4. The second-order valence-corrected chi connectivity index (χ2v) is 7.71. The number of nitrogens with one attached hydrogen (secondary N) is 1.